The minimum Gasteiger partial charge on any atom is -0.369 e. The number of aliphatic imine (C=N–C) groups is 1. The number of amides is 1. The van der Waals surface area contributed by atoms with Crippen molar-refractivity contribution < 1.29 is 4.79 Å². The molecule has 1 amide bonds. The van der Waals surface area contributed by atoms with Crippen molar-refractivity contribution in [3.63, 3.8) is 0 Å². The summed E-state index contributed by atoms with van der Waals surface area (Å²) < 4.78 is 0. The van der Waals surface area contributed by atoms with Crippen molar-refractivity contribution in [1.82, 2.24) is 4.90 Å². The quantitative estimate of drug-likeness (QED) is 0.873. The second-order valence-corrected chi connectivity index (χ2v) is 7.20. The number of hydrogen-bond acceptors (Lipinski definition) is 3. The molecule has 130 valence electrons. The van der Waals surface area contributed by atoms with Crippen LogP contribution in [0.15, 0.2) is 35.3 Å². The van der Waals surface area contributed by atoms with E-state index in [1.54, 1.807) is 0 Å². The first kappa shape index (κ1) is 17.0. The van der Waals surface area contributed by atoms with Gasteiger partial charge in [0.05, 0.1) is 17.8 Å². The predicted octanol–water partition coefficient (Wildman–Crippen LogP) is 3.11. The SMILES string of the molecule is CC1=NCCN1CCC(C(N)=O)(c1ccccc1)C1CCCCC1. The van der Waals surface area contributed by atoms with Crippen LogP contribution in [0.1, 0.15) is 51.0 Å². The van der Waals surface area contributed by atoms with Crippen LogP contribution in [0.4, 0.5) is 0 Å². The van der Waals surface area contributed by atoms with Gasteiger partial charge in [0.2, 0.25) is 5.91 Å². The van der Waals surface area contributed by atoms with Gasteiger partial charge in [0.1, 0.15) is 0 Å². The minimum absolute atomic E-state index is 0.158. The van der Waals surface area contributed by atoms with Gasteiger partial charge in [-0.05, 0) is 37.7 Å². The van der Waals surface area contributed by atoms with Gasteiger partial charge >= 0.3 is 0 Å². The highest BCUT2D eigenvalue weighted by Gasteiger charge is 2.45. The van der Waals surface area contributed by atoms with Crippen LogP contribution in [0.25, 0.3) is 0 Å². The van der Waals surface area contributed by atoms with E-state index >= 15 is 0 Å². The standard InChI is InChI=1S/C20H29N3O/c1-16-22-13-15-23(16)14-12-20(19(21)24,17-8-4-2-5-9-17)18-10-6-3-7-11-18/h2,4-5,8-9,18H,3,6-7,10-15H2,1H3,(H2,21,24). The van der Waals surface area contributed by atoms with Gasteiger partial charge in [-0.3, -0.25) is 9.79 Å². The third-order valence-corrected chi connectivity index (χ3v) is 5.97. The number of nitrogens with two attached hydrogens (primary N) is 1. The normalized spacial score (nSPS) is 21.4. The Labute approximate surface area is 145 Å². The van der Waals surface area contributed by atoms with E-state index in [2.05, 4.69) is 28.9 Å². The van der Waals surface area contributed by atoms with Crippen molar-refractivity contribution >= 4 is 11.7 Å². The summed E-state index contributed by atoms with van der Waals surface area (Å²) in [7, 11) is 0. The Bertz CT molecular complexity index is 592. The largest absolute Gasteiger partial charge is 0.369 e. The second kappa shape index (κ2) is 7.37. The van der Waals surface area contributed by atoms with E-state index in [4.69, 9.17) is 5.73 Å². The lowest BCUT2D eigenvalue weighted by Crippen LogP contribution is -2.50. The molecule has 24 heavy (non-hydrogen) atoms. The number of amidine groups is 1. The molecule has 1 aliphatic heterocycles. The number of nitrogens with zero attached hydrogens (tertiary/aromatic N) is 2. The molecule has 4 heteroatoms. The molecule has 1 heterocycles. The fraction of sp³-hybridized carbons (Fsp3) is 0.600. The van der Waals surface area contributed by atoms with Crippen LogP contribution < -0.4 is 5.73 Å². The fourth-order valence-electron chi connectivity index (χ4n) is 4.56. The van der Waals surface area contributed by atoms with Crippen LogP contribution in [0.5, 0.6) is 0 Å². The molecule has 1 aromatic carbocycles. The van der Waals surface area contributed by atoms with Crippen molar-refractivity contribution in [2.24, 2.45) is 16.6 Å². The molecular weight excluding hydrogens is 298 g/mol. The van der Waals surface area contributed by atoms with Crippen molar-refractivity contribution in [3.8, 4) is 0 Å². The first-order valence-corrected chi connectivity index (χ1v) is 9.26. The molecule has 0 saturated heterocycles. The van der Waals surface area contributed by atoms with Crippen LogP contribution in [0.3, 0.4) is 0 Å². The van der Waals surface area contributed by atoms with Crippen LogP contribution in [0, 0.1) is 5.92 Å². The molecule has 1 unspecified atom stereocenters. The van der Waals surface area contributed by atoms with E-state index in [0.29, 0.717) is 5.92 Å². The second-order valence-electron chi connectivity index (χ2n) is 7.20. The van der Waals surface area contributed by atoms with Crippen molar-refractivity contribution in [2.75, 3.05) is 19.6 Å². The fourth-order valence-corrected chi connectivity index (χ4v) is 4.56. The molecule has 2 aliphatic rings. The highest BCUT2D eigenvalue weighted by atomic mass is 16.1. The number of benzene rings is 1. The maximum atomic E-state index is 12.8. The summed E-state index contributed by atoms with van der Waals surface area (Å²) >= 11 is 0. The van der Waals surface area contributed by atoms with Crippen molar-refractivity contribution in [2.45, 2.75) is 50.9 Å². The Kier molecular flexibility index (Phi) is 5.22. The summed E-state index contributed by atoms with van der Waals surface area (Å²) in [5.74, 6) is 1.28. The van der Waals surface area contributed by atoms with E-state index < -0.39 is 5.41 Å². The predicted molar refractivity (Wildman–Crippen MR) is 98.1 cm³/mol. The van der Waals surface area contributed by atoms with Gasteiger partial charge in [-0.15, -0.1) is 0 Å². The van der Waals surface area contributed by atoms with Gasteiger partial charge in [0.25, 0.3) is 0 Å². The number of rotatable bonds is 6. The number of carbonyl (C=O) groups is 1. The molecule has 1 aliphatic carbocycles. The Morgan fingerprint density at radius 1 is 1.25 bits per heavy atom. The molecule has 0 radical (unpaired) electrons. The monoisotopic (exact) mass is 327 g/mol. The molecule has 0 spiro atoms. The molecule has 0 aromatic heterocycles. The molecule has 2 N–H and O–H groups in total. The third-order valence-electron chi connectivity index (χ3n) is 5.97. The van der Waals surface area contributed by atoms with Gasteiger partial charge in [-0.25, -0.2) is 0 Å². The summed E-state index contributed by atoms with van der Waals surface area (Å²) in [4.78, 5) is 19.6. The Balaban J connectivity index is 1.91. The molecule has 4 nitrogen and oxygen atoms in total. The smallest absolute Gasteiger partial charge is 0.228 e. The minimum atomic E-state index is -0.551. The van der Waals surface area contributed by atoms with E-state index in [0.717, 1.165) is 50.3 Å². The molecule has 1 fully saturated rings. The van der Waals surface area contributed by atoms with Crippen LogP contribution in [-0.4, -0.2) is 36.3 Å². The lowest BCUT2D eigenvalue weighted by Gasteiger charge is -2.42. The van der Waals surface area contributed by atoms with Gasteiger partial charge in [-0.1, -0.05) is 49.6 Å². The number of primary amides is 1. The zero-order chi connectivity index (χ0) is 17.0. The average Bonchev–Trinajstić information content (AvgIpc) is 3.02. The van der Waals surface area contributed by atoms with E-state index in [1.807, 2.05) is 18.2 Å². The van der Waals surface area contributed by atoms with E-state index in [1.165, 1.54) is 19.3 Å². The van der Waals surface area contributed by atoms with Gasteiger partial charge in [0.15, 0.2) is 0 Å². The van der Waals surface area contributed by atoms with Crippen molar-refractivity contribution in [1.29, 1.82) is 0 Å². The lowest BCUT2D eigenvalue weighted by atomic mass is 9.62. The number of hydrogen-bond donors (Lipinski definition) is 1. The molecule has 3 rings (SSSR count). The van der Waals surface area contributed by atoms with E-state index in [-0.39, 0.29) is 5.91 Å². The first-order chi connectivity index (χ1) is 11.6. The summed E-state index contributed by atoms with van der Waals surface area (Å²) in [5.41, 5.74) is 6.61. The average molecular weight is 327 g/mol. The van der Waals surface area contributed by atoms with Crippen LogP contribution >= 0.6 is 0 Å². The lowest BCUT2D eigenvalue weighted by molar-refractivity contribution is -0.126. The Morgan fingerprint density at radius 2 is 1.96 bits per heavy atom. The zero-order valence-electron chi connectivity index (χ0n) is 14.7. The van der Waals surface area contributed by atoms with Gasteiger partial charge in [-0.2, -0.15) is 0 Å². The summed E-state index contributed by atoms with van der Waals surface area (Å²) in [5, 5.41) is 0. The van der Waals surface area contributed by atoms with Gasteiger partial charge < -0.3 is 10.6 Å². The first-order valence-electron chi connectivity index (χ1n) is 9.26. The molecular formula is C20H29N3O. The highest BCUT2D eigenvalue weighted by Crippen LogP contribution is 2.43. The zero-order valence-corrected chi connectivity index (χ0v) is 14.7. The summed E-state index contributed by atoms with van der Waals surface area (Å²) in [6.45, 7) is 4.73. The maximum absolute atomic E-state index is 12.8. The topological polar surface area (TPSA) is 58.7 Å². The van der Waals surface area contributed by atoms with Gasteiger partial charge in [0, 0.05) is 13.1 Å². The molecule has 1 saturated carbocycles. The molecule has 0 bridgehead atoms. The maximum Gasteiger partial charge on any atom is 0.228 e. The number of carbonyl (C=O) groups excluding carboxylic acids is 1. The highest BCUT2D eigenvalue weighted by molar-refractivity contribution is 5.87. The molecule has 1 atom stereocenters. The summed E-state index contributed by atoms with van der Waals surface area (Å²) in [6, 6.07) is 10.2. The Hall–Kier alpha value is -1.84. The van der Waals surface area contributed by atoms with Crippen LogP contribution in [-0.2, 0) is 10.2 Å². The Morgan fingerprint density at radius 3 is 2.54 bits per heavy atom. The summed E-state index contributed by atoms with van der Waals surface area (Å²) in [6.07, 6.45) is 6.67. The van der Waals surface area contributed by atoms with E-state index in [9.17, 15) is 4.79 Å². The van der Waals surface area contributed by atoms with Crippen LogP contribution in [0.2, 0.25) is 0 Å². The molecule has 1 aromatic rings. The third kappa shape index (κ3) is 3.19. The van der Waals surface area contributed by atoms with Crippen molar-refractivity contribution in [3.05, 3.63) is 35.9 Å².